The van der Waals surface area contributed by atoms with Crippen LogP contribution in [0.5, 0.6) is 0 Å². The minimum atomic E-state index is -0.191. The van der Waals surface area contributed by atoms with Crippen molar-refractivity contribution in [3.8, 4) is 0 Å². The van der Waals surface area contributed by atoms with E-state index in [-0.39, 0.29) is 6.10 Å². The van der Waals surface area contributed by atoms with Crippen molar-refractivity contribution in [2.24, 2.45) is 11.8 Å². The van der Waals surface area contributed by atoms with Crippen molar-refractivity contribution in [3.63, 3.8) is 0 Å². The van der Waals surface area contributed by atoms with Gasteiger partial charge in [0.2, 0.25) is 0 Å². The highest BCUT2D eigenvalue weighted by Gasteiger charge is 2.19. The lowest BCUT2D eigenvalue weighted by atomic mass is 9.82. The number of aliphatic hydroxyl groups is 1. The van der Waals surface area contributed by atoms with Crippen molar-refractivity contribution in [3.05, 3.63) is 0 Å². The highest BCUT2D eigenvalue weighted by Crippen LogP contribution is 2.27. The van der Waals surface area contributed by atoms with Gasteiger partial charge in [-0.15, -0.1) is 0 Å². The summed E-state index contributed by atoms with van der Waals surface area (Å²) in [6.07, 6.45) is 7.97. The Hall–Kier alpha value is -0.120. The molecule has 18 heavy (non-hydrogen) atoms. The Balaban J connectivity index is 1.53. The van der Waals surface area contributed by atoms with E-state index in [2.05, 4.69) is 17.1 Å². The second kappa shape index (κ2) is 7.46. The monoisotopic (exact) mass is 254 g/mol. The fourth-order valence-electron chi connectivity index (χ4n) is 3.53. The number of nitrogens with one attached hydrogen (secondary N) is 1. The number of hydrogen-bond donors (Lipinski definition) is 2. The Morgan fingerprint density at radius 3 is 2.72 bits per heavy atom. The number of β-amino-alcohol motifs (C(OH)–C–C–N with tert-alkyl or cyclic N) is 1. The van der Waals surface area contributed by atoms with E-state index in [4.69, 9.17) is 0 Å². The smallest absolute Gasteiger partial charge is 0.0791 e. The third kappa shape index (κ3) is 4.87. The summed E-state index contributed by atoms with van der Waals surface area (Å²) in [5.41, 5.74) is 0. The molecule has 2 fully saturated rings. The fraction of sp³-hybridized carbons (Fsp3) is 1.00. The van der Waals surface area contributed by atoms with Crippen LogP contribution in [0.25, 0.3) is 0 Å². The molecule has 2 rings (SSSR count). The lowest BCUT2D eigenvalue weighted by Crippen LogP contribution is -2.39. The first kappa shape index (κ1) is 14.3. The Labute approximate surface area is 112 Å². The maximum atomic E-state index is 9.99. The molecular formula is C15H30N2O. The molecule has 0 aromatic rings. The van der Waals surface area contributed by atoms with Gasteiger partial charge < -0.3 is 15.3 Å². The quantitative estimate of drug-likeness (QED) is 0.759. The van der Waals surface area contributed by atoms with Crippen LogP contribution in [0, 0.1) is 11.8 Å². The van der Waals surface area contributed by atoms with Gasteiger partial charge in [0.05, 0.1) is 6.10 Å². The van der Waals surface area contributed by atoms with Crippen LogP contribution in [0.1, 0.15) is 45.4 Å². The van der Waals surface area contributed by atoms with Gasteiger partial charge >= 0.3 is 0 Å². The average Bonchev–Trinajstić information content (AvgIpc) is 2.82. The molecule has 0 aromatic carbocycles. The molecule has 0 aromatic heterocycles. The van der Waals surface area contributed by atoms with Gasteiger partial charge in [-0.25, -0.2) is 0 Å². The highest BCUT2D eigenvalue weighted by atomic mass is 16.3. The van der Waals surface area contributed by atoms with Crippen LogP contribution in [0.15, 0.2) is 0 Å². The molecule has 1 aliphatic heterocycles. The molecule has 106 valence electrons. The average molecular weight is 254 g/mol. The molecule has 0 spiro atoms. The maximum Gasteiger partial charge on any atom is 0.0791 e. The largest absolute Gasteiger partial charge is 0.390 e. The lowest BCUT2D eigenvalue weighted by Gasteiger charge is -2.27. The van der Waals surface area contributed by atoms with Crippen LogP contribution in [-0.4, -0.2) is 48.8 Å². The van der Waals surface area contributed by atoms with E-state index >= 15 is 0 Å². The third-order valence-electron chi connectivity index (χ3n) is 4.53. The lowest BCUT2D eigenvalue weighted by molar-refractivity contribution is 0.121. The van der Waals surface area contributed by atoms with E-state index in [0.717, 1.165) is 31.5 Å². The van der Waals surface area contributed by atoms with Crippen molar-refractivity contribution >= 4 is 0 Å². The van der Waals surface area contributed by atoms with Gasteiger partial charge in [-0.05, 0) is 57.2 Å². The van der Waals surface area contributed by atoms with Crippen molar-refractivity contribution in [1.29, 1.82) is 0 Å². The standard InChI is InChI=1S/C15H30N2O/c1-13-5-4-6-14(9-13)10-16-11-15(18)12-17-7-2-3-8-17/h13-16,18H,2-12H2,1H3. The number of hydrogen-bond acceptors (Lipinski definition) is 3. The van der Waals surface area contributed by atoms with E-state index in [0.29, 0.717) is 0 Å². The van der Waals surface area contributed by atoms with Gasteiger partial charge in [-0.3, -0.25) is 0 Å². The number of nitrogens with zero attached hydrogens (tertiary/aromatic N) is 1. The molecule has 3 atom stereocenters. The van der Waals surface area contributed by atoms with Gasteiger partial charge in [0.25, 0.3) is 0 Å². The summed E-state index contributed by atoms with van der Waals surface area (Å²) in [4.78, 5) is 2.38. The van der Waals surface area contributed by atoms with Gasteiger partial charge in [-0.1, -0.05) is 19.8 Å². The van der Waals surface area contributed by atoms with Crippen LogP contribution >= 0.6 is 0 Å². The minimum Gasteiger partial charge on any atom is -0.390 e. The molecule has 0 bridgehead atoms. The summed E-state index contributed by atoms with van der Waals surface area (Å²) < 4.78 is 0. The Morgan fingerprint density at radius 2 is 2.00 bits per heavy atom. The third-order valence-corrected chi connectivity index (χ3v) is 4.53. The van der Waals surface area contributed by atoms with Crippen molar-refractivity contribution in [2.45, 2.75) is 51.6 Å². The Kier molecular flexibility index (Phi) is 5.93. The molecule has 0 amide bonds. The summed E-state index contributed by atoms with van der Waals surface area (Å²) in [5.74, 6) is 1.74. The minimum absolute atomic E-state index is 0.191. The molecule has 3 heteroatoms. The summed E-state index contributed by atoms with van der Waals surface area (Å²) in [6.45, 7) is 7.44. The zero-order valence-electron chi connectivity index (χ0n) is 11.9. The topological polar surface area (TPSA) is 35.5 Å². The predicted octanol–water partition coefficient (Wildman–Crippen LogP) is 1.86. The SMILES string of the molecule is CC1CCCC(CNCC(O)CN2CCCC2)C1. The number of rotatable bonds is 6. The van der Waals surface area contributed by atoms with Crippen LogP contribution in [-0.2, 0) is 0 Å². The van der Waals surface area contributed by atoms with Crippen LogP contribution < -0.4 is 5.32 Å². The molecule has 3 unspecified atom stereocenters. The van der Waals surface area contributed by atoms with Crippen LogP contribution in [0.3, 0.4) is 0 Å². The number of aliphatic hydroxyl groups excluding tert-OH is 1. The Morgan fingerprint density at radius 1 is 1.22 bits per heavy atom. The van der Waals surface area contributed by atoms with Crippen LogP contribution in [0.4, 0.5) is 0 Å². The second-order valence-electron chi connectivity index (χ2n) is 6.46. The first-order valence-corrected chi connectivity index (χ1v) is 7.85. The number of likely N-dealkylation sites (tertiary alicyclic amines) is 1. The van der Waals surface area contributed by atoms with Gasteiger partial charge in [0.1, 0.15) is 0 Å². The fourth-order valence-corrected chi connectivity index (χ4v) is 3.53. The van der Waals surface area contributed by atoms with E-state index in [1.807, 2.05) is 0 Å². The molecule has 2 aliphatic rings. The first-order valence-electron chi connectivity index (χ1n) is 7.85. The summed E-state index contributed by atoms with van der Waals surface area (Å²) >= 11 is 0. The van der Waals surface area contributed by atoms with Gasteiger partial charge in [0, 0.05) is 13.1 Å². The van der Waals surface area contributed by atoms with E-state index in [1.54, 1.807) is 0 Å². The molecule has 1 saturated heterocycles. The van der Waals surface area contributed by atoms with Crippen LogP contribution in [0.2, 0.25) is 0 Å². The molecule has 1 saturated carbocycles. The second-order valence-corrected chi connectivity index (χ2v) is 6.46. The first-order chi connectivity index (χ1) is 8.74. The summed E-state index contributed by atoms with van der Waals surface area (Å²) in [5, 5.41) is 13.5. The van der Waals surface area contributed by atoms with E-state index < -0.39 is 0 Å². The van der Waals surface area contributed by atoms with Crippen molar-refractivity contribution < 1.29 is 5.11 Å². The van der Waals surface area contributed by atoms with Gasteiger partial charge in [0.15, 0.2) is 0 Å². The summed E-state index contributed by atoms with van der Waals surface area (Å²) in [6, 6.07) is 0. The molecule has 2 N–H and O–H groups in total. The molecular weight excluding hydrogens is 224 g/mol. The summed E-state index contributed by atoms with van der Waals surface area (Å²) in [7, 11) is 0. The zero-order chi connectivity index (χ0) is 12.8. The van der Waals surface area contributed by atoms with Crippen molar-refractivity contribution in [1.82, 2.24) is 10.2 Å². The normalized spacial score (nSPS) is 31.7. The maximum absolute atomic E-state index is 9.99. The van der Waals surface area contributed by atoms with Crippen molar-refractivity contribution in [2.75, 3.05) is 32.7 Å². The Bertz CT molecular complexity index is 229. The molecule has 1 heterocycles. The van der Waals surface area contributed by atoms with E-state index in [1.165, 1.54) is 51.6 Å². The highest BCUT2D eigenvalue weighted by molar-refractivity contribution is 4.75. The molecule has 3 nitrogen and oxygen atoms in total. The molecule has 1 aliphatic carbocycles. The predicted molar refractivity (Wildman–Crippen MR) is 75.7 cm³/mol. The van der Waals surface area contributed by atoms with E-state index in [9.17, 15) is 5.11 Å². The van der Waals surface area contributed by atoms with Gasteiger partial charge in [-0.2, -0.15) is 0 Å². The molecule has 0 radical (unpaired) electrons. The zero-order valence-corrected chi connectivity index (χ0v) is 11.9.